The van der Waals surface area contributed by atoms with E-state index in [4.69, 9.17) is 5.73 Å². The average Bonchev–Trinajstić information content (AvgIpc) is 3.26. The van der Waals surface area contributed by atoms with Crippen LogP contribution in [0.3, 0.4) is 0 Å². The number of hydrogen-bond donors (Lipinski definition) is 1. The zero-order valence-electron chi connectivity index (χ0n) is 10.9. The summed E-state index contributed by atoms with van der Waals surface area (Å²) < 4.78 is 0. The van der Waals surface area contributed by atoms with Gasteiger partial charge in [-0.3, -0.25) is 4.90 Å². The van der Waals surface area contributed by atoms with Gasteiger partial charge in [-0.1, -0.05) is 12.1 Å². The molecule has 0 unspecified atom stereocenters. The monoisotopic (exact) mass is 254 g/mol. The second kappa shape index (κ2) is 5.36. The van der Waals surface area contributed by atoms with Crippen LogP contribution in [0.1, 0.15) is 24.2 Å². The van der Waals surface area contributed by atoms with Gasteiger partial charge in [0.05, 0.1) is 6.54 Å². The standard InChI is InChI=1S/C15H18N4/c16-13-4-2-12(3-5-13)10-19(14-6-7-14)11-15-17-8-1-9-18-15/h1-5,8-9,14H,6-7,10-11,16H2. The minimum Gasteiger partial charge on any atom is -0.399 e. The molecular formula is C15H18N4. The molecule has 1 saturated carbocycles. The van der Waals surface area contributed by atoms with Crippen molar-refractivity contribution >= 4 is 5.69 Å². The topological polar surface area (TPSA) is 55.0 Å². The number of aromatic nitrogens is 2. The van der Waals surface area contributed by atoms with E-state index in [9.17, 15) is 0 Å². The van der Waals surface area contributed by atoms with Crippen LogP contribution in [0.15, 0.2) is 42.7 Å². The van der Waals surface area contributed by atoms with E-state index in [0.29, 0.717) is 6.04 Å². The van der Waals surface area contributed by atoms with Crippen LogP contribution in [0.25, 0.3) is 0 Å². The van der Waals surface area contributed by atoms with Gasteiger partial charge in [0, 0.05) is 30.7 Å². The third kappa shape index (κ3) is 3.29. The zero-order valence-corrected chi connectivity index (χ0v) is 10.9. The lowest BCUT2D eigenvalue weighted by atomic mass is 10.2. The Morgan fingerprint density at radius 1 is 1.05 bits per heavy atom. The summed E-state index contributed by atoms with van der Waals surface area (Å²) in [5.74, 6) is 0.893. The van der Waals surface area contributed by atoms with Crippen molar-refractivity contribution in [3.8, 4) is 0 Å². The van der Waals surface area contributed by atoms with Gasteiger partial charge in [0.1, 0.15) is 5.82 Å². The van der Waals surface area contributed by atoms with Crippen molar-refractivity contribution in [3.63, 3.8) is 0 Å². The van der Waals surface area contributed by atoms with Crippen LogP contribution in [-0.2, 0) is 13.1 Å². The maximum Gasteiger partial charge on any atom is 0.142 e. The first-order chi connectivity index (χ1) is 9.31. The zero-order chi connectivity index (χ0) is 13.1. The summed E-state index contributed by atoms with van der Waals surface area (Å²) in [5, 5.41) is 0. The molecule has 4 nitrogen and oxygen atoms in total. The Hall–Kier alpha value is -1.94. The third-order valence-corrected chi connectivity index (χ3v) is 3.39. The van der Waals surface area contributed by atoms with Crippen LogP contribution in [-0.4, -0.2) is 20.9 Å². The molecule has 1 fully saturated rings. The number of nitrogens with zero attached hydrogens (tertiary/aromatic N) is 3. The highest BCUT2D eigenvalue weighted by atomic mass is 15.2. The Labute approximate surface area is 113 Å². The minimum atomic E-state index is 0.682. The molecule has 0 aliphatic heterocycles. The van der Waals surface area contributed by atoms with Crippen molar-refractivity contribution in [2.45, 2.75) is 32.0 Å². The Morgan fingerprint density at radius 3 is 2.37 bits per heavy atom. The van der Waals surface area contributed by atoms with Gasteiger partial charge in [0.2, 0.25) is 0 Å². The summed E-state index contributed by atoms with van der Waals surface area (Å²) in [4.78, 5) is 11.1. The van der Waals surface area contributed by atoms with E-state index in [1.807, 2.05) is 18.2 Å². The fourth-order valence-corrected chi connectivity index (χ4v) is 2.20. The lowest BCUT2D eigenvalue weighted by Crippen LogP contribution is -2.26. The molecule has 0 spiro atoms. The van der Waals surface area contributed by atoms with Gasteiger partial charge in [-0.15, -0.1) is 0 Å². The summed E-state index contributed by atoms with van der Waals surface area (Å²) in [5.41, 5.74) is 7.82. The number of rotatable bonds is 5. The Bertz CT molecular complexity index is 520. The molecule has 0 radical (unpaired) electrons. The van der Waals surface area contributed by atoms with E-state index in [1.165, 1.54) is 18.4 Å². The highest BCUT2D eigenvalue weighted by molar-refractivity contribution is 5.39. The maximum atomic E-state index is 5.72. The number of hydrogen-bond acceptors (Lipinski definition) is 4. The molecule has 1 aromatic heterocycles. The molecular weight excluding hydrogens is 236 g/mol. The van der Waals surface area contributed by atoms with E-state index in [1.54, 1.807) is 12.4 Å². The van der Waals surface area contributed by atoms with Crippen LogP contribution in [0.5, 0.6) is 0 Å². The van der Waals surface area contributed by atoms with Crippen LogP contribution < -0.4 is 5.73 Å². The summed E-state index contributed by atoms with van der Waals surface area (Å²) in [6.45, 7) is 1.75. The Balaban J connectivity index is 1.69. The van der Waals surface area contributed by atoms with Crippen molar-refractivity contribution < 1.29 is 0 Å². The maximum absolute atomic E-state index is 5.72. The van der Waals surface area contributed by atoms with E-state index >= 15 is 0 Å². The molecule has 19 heavy (non-hydrogen) atoms. The largest absolute Gasteiger partial charge is 0.399 e. The molecule has 0 atom stereocenters. The first kappa shape index (κ1) is 12.1. The molecule has 1 heterocycles. The van der Waals surface area contributed by atoms with Gasteiger partial charge in [-0.2, -0.15) is 0 Å². The molecule has 4 heteroatoms. The highest BCUT2D eigenvalue weighted by Crippen LogP contribution is 2.29. The molecule has 0 bridgehead atoms. The van der Waals surface area contributed by atoms with Crippen LogP contribution in [0, 0.1) is 0 Å². The second-order valence-electron chi connectivity index (χ2n) is 5.04. The van der Waals surface area contributed by atoms with Gasteiger partial charge >= 0.3 is 0 Å². The third-order valence-electron chi connectivity index (χ3n) is 3.39. The quantitative estimate of drug-likeness (QED) is 0.831. The molecule has 3 rings (SSSR count). The lowest BCUT2D eigenvalue weighted by molar-refractivity contribution is 0.239. The summed E-state index contributed by atoms with van der Waals surface area (Å²) in [6.07, 6.45) is 6.16. The van der Waals surface area contributed by atoms with Crippen LogP contribution >= 0.6 is 0 Å². The molecule has 0 amide bonds. The molecule has 98 valence electrons. The highest BCUT2D eigenvalue weighted by Gasteiger charge is 2.29. The van der Waals surface area contributed by atoms with Gasteiger partial charge in [-0.25, -0.2) is 9.97 Å². The average molecular weight is 254 g/mol. The van der Waals surface area contributed by atoms with Gasteiger partial charge in [0.25, 0.3) is 0 Å². The number of anilines is 1. The first-order valence-corrected chi connectivity index (χ1v) is 6.65. The molecule has 2 N–H and O–H groups in total. The molecule has 2 aromatic rings. The van der Waals surface area contributed by atoms with E-state index in [-0.39, 0.29) is 0 Å². The van der Waals surface area contributed by atoms with Crippen molar-refractivity contribution in [1.82, 2.24) is 14.9 Å². The first-order valence-electron chi connectivity index (χ1n) is 6.65. The number of benzene rings is 1. The number of nitrogens with two attached hydrogens (primary N) is 1. The second-order valence-corrected chi connectivity index (χ2v) is 5.04. The molecule has 1 aliphatic rings. The number of nitrogen functional groups attached to an aromatic ring is 1. The summed E-state index contributed by atoms with van der Waals surface area (Å²) >= 11 is 0. The van der Waals surface area contributed by atoms with E-state index in [0.717, 1.165) is 24.6 Å². The van der Waals surface area contributed by atoms with E-state index in [2.05, 4.69) is 27.0 Å². The fraction of sp³-hybridized carbons (Fsp3) is 0.333. The van der Waals surface area contributed by atoms with Crippen LogP contribution in [0.4, 0.5) is 5.69 Å². The fourth-order valence-electron chi connectivity index (χ4n) is 2.20. The van der Waals surface area contributed by atoms with Crippen molar-refractivity contribution in [1.29, 1.82) is 0 Å². The predicted molar refractivity (Wildman–Crippen MR) is 75.2 cm³/mol. The Morgan fingerprint density at radius 2 is 1.74 bits per heavy atom. The SMILES string of the molecule is Nc1ccc(CN(Cc2ncccn2)C2CC2)cc1. The van der Waals surface area contributed by atoms with Crippen molar-refractivity contribution in [2.24, 2.45) is 0 Å². The smallest absolute Gasteiger partial charge is 0.142 e. The van der Waals surface area contributed by atoms with Crippen molar-refractivity contribution in [2.75, 3.05) is 5.73 Å². The minimum absolute atomic E-state index is 0.682. The van der Waals surface area contributed by atoms with Gasteiger partial charge in [-0.05, 0) is 36.6 Å². The normalized spacial score (nSPS) is 14.8. The predicted octanol–water partition coefficient (Wildman–Crippen LogP) is 2.22. The molecule has 0 saturated heterocycles. The summed E-state index contributed by atoms with van der Waals surface area (Å²) in [7, 11) is 0. The van der Waals surface area contributed by atoms with Crippen LogP contribution in [0.2, 0.25) is 0 Å². The summed E-state index contributed by atoms with van der Waals surface area (Å²) in [6, 6.07) is 10.6. The van der Waals surface area contributed by atoms with Crippen molar-refractivity contribution in [3.05, 3.63) is 54.1 Å². The Kier molecular flexibility index (Phi) is 3.42. The lowest BCUT2D eigenvalue weighted by Gasteiger charge is -2.21. The van der Waals surface area contributed by atoms with E-state index < -0.39 is 0 Å². The molecule has 1 aromatic carbocycles. The molecule has 1 aliphatic carbocycles. The van der Waals surface area contributed by atoms with Gasteiger partial charge < -0.3 is 5.73 Å². The van der Waals surface area contributed by atoms with Gasteiger partial charge in [0.15, 0.2) is 0 Å².